The molecule has 5 amide bonds. The van der Waals surface area contributed by atoms with Crippen molar-refractivity contribution in [2.24, 2.45) is 0 Å². The number of ether oxygens (including phenoxy) is 4. The Labute approximate surface area is 412 Å². The zero-order valence-electron chi connectivity index (χ0n) is 43.2. The molecule has 2 heterocycles. The Morgan fingerprint density at radius 1 is 0.403 bits per heavy atom. The van der Waals surface area contributed by atoms with Gasteiger partial charge in [0, 0.05) is 77.6 Å². The van der Waals surface area contributed by atoms with Crippen LogP contribution in [0, 0.1) is 0 Å². The Hall–Kier alpha value is -3.57. The predicted octanol–water partition coefficient (Wildman–Crippen LogP) is 9.71. The standard InChI is InChI=1S/C50H86N6O9S2/c1-47(2,3)62-43(58)53-29-17-37-66-35-15-23-51(24-16-36-67-38-18-30-53)39-40-19-21-41(22-20-40)42(57)52-25-13-26-55(45(60)64-49(7,8)9)33-34-56(46(61)65-50(10,11)12)28-14-27-54(32-31-52)44(59)63-48(4,5)6/h19-22H,13-18,23-39H2,1-12H3. The van der Waals surface area contributed by atoms with E-state index in [2.05, 4.69) is 4.90 Å². The summed E-state index contributed by atoms with van der Waals surface area (Å²) < 4.78 is 23.0. The van der Waals surface area contributed by atoms with Crippen molar-refractivity contribution in [3.05, 3.63) is 35.4 Å². The molecule has 0 saturated carbocycles. The zero-order valence-corrected chi connectivity index (χ0v) is 44.9. The lowest BCUT2D eigenvalue weighted by atomic mass is 10.1. The summed E-state index contributed by atoms with van der Waals surface area (Å²) >= 11 is 3.88. The summed E-state index contributed by atoms with van der Waals surface area (Å²) in [6.45, 7) is 28.3. The molecule has 382 valence electrons. The van der Waals surface area contributed by atoms with E-state index in [1.165, 1.54) is 0 Å². The first kappa shape index (κ1) is 57.7. The lowest BCUT2D eigenvalue weighted by molar-refractivity contribution is 0.0102. The first-order valence-electron chi connectivity index (χ1n) is 24.5. The third kappa shape index (κ3) is 24.5. The van der Waals surface area contributed by atoms with Gasteiger partial charge >= 0.3 is 24.4 Å². The summed E-state index contributed by atoms with van der Waals surface area (Å²) in [4.78, 5) is 78.7. The second-order valence-corrected chi connectivity index (χ2v) is 23.9. The van der Waals surface area contributed by atoms with Gasteiger partial charge in [0.15, 0.2) is 0 Å². The molecule has 15 nitrogen and oxygen atoms in total. The number of carbonyl (C=O) groups is 5. The van der Waals surface area contributed by atoms with Crippen molar-refractivity contribution < 1.29 is 42.9 Å². The molecule has 0 radical (unpaired) electrons. The summed E-state index contributed by atoms with van der Waals surface area (Å²) in [6, 6.07) is 7.89. The second-order valence-electron chi connectivity index (χ2n) is 21.5. The summed E-state index contributed by atoms with van der Waals surface area (Å²) in [7, 11) is 0. The van der Waals surface area contributed by atoms with Crippen molar-refractivity contribution in [3.63, 3.8) is 0 Å². The number of thioether (sulfide) groups is 2. The van der Waals surface area contributed by atoms with Gasteiger partial charge in [-0.2, -0.15) is 23.5 Å². The Balaban J connectivity index is 1.75. The van der Waals surface area contributed by atoms with Crippen LogP contribution < -0.4 is 0 Å². The number of hydrogen-bond donors (Lipinski definition) is 0. The fourth-order valence-electron chi connectivity index (χ4n) is 7.35. The number of benzene rings is 1. The number of nitrogens with zero attached hydrogens (tertiary/aromatic N) is 6. The molecule has 0 unspecified atom stereocenters. The number of amides is 5. The molecule has 2 aliphatic rings. The second kappa shape index (κ2) is 27.6. The maximum absolute atomic E-state index is 14.4. The van der Waals surface area contributed by atoms with E-state index < -0.39 is 40.7 Å². The molecule has 0 bridgehead atoms. The Morgan fingerprint density at radius 3 is 1.03 bits per heavy atom. The molecule has 67 heavy (non-hydrogen) atoms. The van der Waals surface area contributed by atoms with E-state index in [0.29, 0.717) is 38.0 Å². The van der Waals surface area contributed by atoms with Crippen molar-refractivity contribution in [1.82, 2.24) is 29.4 Å². The van der Waals surface area contributed by atoms with E-state index in [9.17, 15) is 24.0 Å². The molecule has 0 aromatic heterocycles. The molecular formula is C50H86N6O9S2. The van der Waals surface area contributed by atoms with Crippen LogP contribution in [0.3, 0.4) is 0 Å². The van der Waals surface area contributed by atoms with Gasteiger partial charge < -0.3 is 43.4 Å². The highest BCUT2D eigenvalue weighted by atomic mass is 32.2. The van der Waals surface area contributed by atoms with Gasteiger partial charge in [-0.15, -0.1) is 0 Å². The first-order valence-corrected chi connectivity index (χ1v) is 26.8. The summed E-state index contributed by atoms with van der Waals surface area (Å²) in [6.07, 6.45) is 3.17. The maximum atomic E-state index is 14.4. The van der Waals surface area contributed by atoms with Crippen LogP contribution in [0.4, 0.5) is 19.2 Å². The highest BCUT2D eigenvalue weighted by Gasteiger charge is 2.29. The smallest absolute Gasteiger partial charge is 0.410 e. The van der Waals surface area contributed by atoms with E-state index in [1.54, 1.807) is 19.6 Å². The van der Waals surface area contributed by atoms with Crippen LogP contribution >= 0.6 is 23.5 Å². The van der Waals surface area contributed by atoms with Crippen LogP contribution in [-0.2, 0) is 25.5 Å². The molecule has 2 aliphatic heterocycles. The Bertz CT molecular complexity index is 1670. The number of rotatable bonds is 3. The highest BCUT2D eigenvalue weighted by Crippen LogP contribution is 2.19. The van der Waals surface area contributed by atoms with Gasteiger partial charge in [-0.3, -0.25) is 9.69 Å². The molecule has 2 saturated heterocycles. The Morgan fingerprint density at radius 2 is 0.687 bits per heavy atom. The summed E-state index contributed by atoms with van der Waals surface area (Å²) in [5.74, 6) is 3.93. The van der Waals surface area contributed by atoms with E-state index in [4.69, 9.17) is 18.9 Å². The van der Waals surface area contributed by atoms with Gasteiger partial charge in [-0.1, -0.05) is 12.1 Å². The maximum Gasteiger partial charge on any atom is 0.410 e. The van der Waals surface area contributed by atoms with Crippen LogP contribution in [-0.4, -0.2) is 184 Å². The van der Waals surface area contributed by atoms with Crippen LogP contribution in [0.1, 0.15) is 138 Å². The SMILES string of the molecule is CC(C)(C)OC(=O)N1CCCSCCCN(Cc2ccc(C(=O)N3CCCN(C(=O)OC(C)(C)C)CCN(C(=O)OC(C)(C)C)CCCN(C(=O)OC(C)(C)C)CC3)cc2)CCCSCCC1. The third-order valence-electron chi connectivity index (χ3n) is 10.5. The van der Waals surface area contributed by atoms with Gasteiger partial charge in [0.05, 0.1) is 0 Å². The minimum absolute atomic E-state index is 0.156. The first-order chi connectivity index (χ1) is 31.3. The summed E-state index contributed by atoms with van der Waals surface area (Å²) in [5.41, 5.74) is -0.987. The molecule has 2 fully saturated rings. The lowest BCUT2D eigenvalue weighted by Crippen LogP contribution is -2.48. The van der Waals surface area contributed by atoms with Crippen LogP contribution in [0.25, 0.3) is 0 Å². The van der Waals surface area contributed by atoms with Gasteiger partial charge in [-0.25, -0.2) is 19.2 Å². The van der Waals surface area contributed by atoms with Gasteiger partial charge in [0.2, 0.25) is 0 Å². The van der Waals surface area contributed by atoms with E-state index >= 15 is 0 Å². The third-order valence-corrected chi connectivity index (χ3v) is 12.8. The van der Waals surface area contributed by atoms with Gasteiger partial charge in [0.25, 0.3) is 5.91 Å². The fourth-order valence-corrected chi connectivity index (χ4v) is 9.09. The van der Waals surface area contributed by atoms with Gasteiger partial charge in [0.1, 0.15) is 22.4 Å². The topological polar surface area (TPSA) is 142 Å². The molecule has 1 aromatic carbocycles. The van der Waals surface area contributed by atoms with Crippen molar-refractivity contribution >= 4 is 53.8 Å². The minimum Gasteiger partial charge on any atom is -0.444 e. The van der Waals surface area contributed by atoms with Crippen LogP contribution in [0.15, 0.2) is 24.3 Å². The quantitative estimate of drug-likeness (QED) is 0.266. The number of carbonyl (C=O) groups excluding carboxylic acids is 5. The van der Waals surface area contributed by atoms with E-state index in [-0.39, 0.29) is 57.8 Å². The van der Waals surface area contributed by atoms with Crippen LogP contribution in [0.5, 0.6) is 0 Å². The molecular weight excluding hydrogens is 893 g/mol. The average Bonchev–Trinajstić information content (AvgIpc) is 3.19. The molecule has 1 aromatic rings. The fraction of sp³-hybridized carbons (Fsp3) is 0.780. The minimum atomic E-state index is -0.727. The normalized spacial score (nSPS) is 18.7. The van der Waals surface area contributed by atoms with Crippen molar-refractivity contribution in [3.8, 4) is 0 Å². The van der Waals surface area contributed by atoms with E-state index in [1.807, 2.05) is 136 Å². The molecule has 0 atom stereocenters. The van der Waals surface area contributed by atoms with Crippen molar-refractivity contribution in [2.45, 2.75) is 151 Å². The molecule has 3 rings (SSSR count). The van der Waals surface area contributed by atoms with E-state index in [0.717, 1.165) is 73.9 Å². The Kier molecular flexibility index (Phi) is 23.8. The van der Waals surface area contributed by atoms with Gasteiger partial charge in [-0.05, 0) is 175 Å². The summed E-state index contributed by atoms with van der Waals surface area (Å²) in [5, 5.41) is 0. The number of hydrogen-bond acceptors (Lipinski definition) is 12. The van der Waals surface area contributed by atoms with Crippen LogP contribution in [0.2, 0.25) is 0 Å². The predicted molar refractivity (Wildman–Crippen MR) is 271 cm³/mol. The van der Waals surface area contributed by atoms with Crippen molar-refractivity contribution in [1.29, 1.82) is 0 Å². The molecule has 0 aliphatic carbocycles. The molecule has 17 heteroatoms. The molecule has 0 spiro atoms. The highest BCUT2D eigenvalue weighted by molar-refractivity contribution is 7.99. The van der Waals surface area contributed by atoms with Crippen molar-refractivity contribution in [2.75, 3.05) is 102 Å². The average molecular weight is 979 g/mol. The zero-order chi connectivity index (χ0) is 49.8. The lowest BCUT2D eigenvalue weighted by Gasteiger charge is -2.34. The molecule has 0 N–H and O–H groups in total. The largest absolute Gasteiger partial charge is 0.444 e. The monoisotopic (exact) mass is 979 g/mol.